The van der Waals surface area contributed by atoms with Gasteiger partial charge in [-0.2, -0.15) is 0 Å². The maximum atomic E-state index is 14.1. The second kappa shape index (κ2) is 12.6. The fraction of sp³-hybridized carbons (Fsp3) is 0.333. The first-order chi connectivity index (χ1) is 20.4. The summed E-state index contributed by atoms with van der Waals surface area (Å²) in [4.78, 5) is 22.0. The Morgan fingerprint density at radius 2 is 1.81 bits per heavy atom. The van der Waals surface area contributed by atoms with Gasteiger partial charge in [0.1, 0.15) is 5.75 Å². The maximum absolute atomic E-state index is 14.1. The van der Waals surface area contributed by atoms with Crippen LogP contribution in [0.15, 0.2) is 93.9 Å². The van der Waals surface area contributed by atoms with Crippen molar-refractivity contribution in [1.82, 2.24) is 5.32 Å². The van der Waals surface area contributed by atoms with Crippen molar-refractivity contribution in [1.29, 1.82) is 0 Å². The highest BCUT2D eigenvalue weighted by atomic mass is 32.2. The number of hydrogen-bond donors (Lipinski definition) is 2. The molecule has 2 N–H and O–H groups in total. The molecule has 0 radical (unpaired) electrons. The summed E-state index contributed by atoms with van der Waals surface area (Å²) in [6.45, 7) is 0.373. The van der Waals surface area contributed by atoms with Crippen LogP contribution in [-0.4, -0.2) is 55.9 Å². The van der Waals surface area contributed by atoms with E-state index in [1.54, 1.807) is 66.7 Å². The Hall–Kier alpha value is -4.38. The summed E-state index contributed by atoms with van der Waals surface area (Å²) >= 11 is 0. The van der Waals surface area contributed by atoms with E-state index in [1.807, 2.05) is 0 Å². The molecule has 2 atom stereocenters. The van der Waals surface area contributed by atoms with Gasteiger partial charge in [0.2, 0.25) is 5.90 Å². The molecular weight excluding hydrogens is 558 g/mol. The number of azide groups is 1. The minimum absolute atomic E-state index is 0.0203. The number of nitrogens with one attached hydrogen (secondary N) is 1. The molecule has 2 aliphatic rings. The van der Waals surface area contributed by atoms with E-state index in [1.165, 1.54) is 12.1 Å². The van der Waals surface area contributed by atoms with Gasteiger partial charge in [-0.05, 0) is 54.8 Å². The number of aliphatic hydroxyl groups is 1. The second-order valence-electron chi connectivity index (χ2n) is 10.2. The molecule has 11 nitrogen and oxygen atoms in total. The monoisotopic (exact) mass is 589 g/mol. The summed E-state index contributed by atoms with van der Waals surface area (Å²) < 4.78 is 38.8. The normalized spacial score (nSPS) is 19.7. The number of rotatable bonds is 13. The third-order valence-electron chi connectivity index (χ3n) is 7.17. The molecule has 42 heavy (non-hydrogen) atoms. The number of sulfone groups is 1. The third-order valence-corrected chi connectivity index (χ3v) is 8.90. The van der Waals surface area contributed by atoms with Gasteiger partial charge in [-0.1, -0.05) is 47.6 Å². The lowest BCUT2D eigenvalue weighted by molar-refractivity contribution is -0.129. The minimum atomic E-state index is -3.78. The molecule has 0 saturated heterocycles. The number of amides is 1. The zero-order chi connectivity index (χ0) is 29.6. The van der Waals surface area contributed by atoms with Gasteiger partial charge in [0, 0.05) is 47.2 Å². The smallest absolute Gasteiger partial charge is 0.252 e. The average molecular weight is 590 g/mol. The molecule has 12 heteroatoms. The van der Waals surface area contributed by atoms with Gasteiger partial charge in [0.05, 0.1) is 17.3 Å². The summed E-state index contributed by atoms with van der Waals surface area (Å²) in [5.41, 5.74) is 8.79. The average Bonchev–Trinajstić information content (AvgIpc) is 3.74. The highest BCUT2D eigenvalue weighted by molar-refractivity contribution is 7.91. The number of hydrogen-bond acceptors (Lipinski definition) is 8. The van der Waals surface area contributed by atoms with Crippen LogP contribution in [0.4, 0.5) is 5.69 Å². The van der Waals surface area contributed by atoms with Crippen molar-refractivity contribution in [3.05, 3.63) is 100 Å². The van der Waals surface area contributed by atoms with Crippen molar-refractivity contribution >= 4 is 27.3 Å². The molecule has 1 heterocycles. The SMILES string of the molecule is [N-]=[N+]=Nc1ccccc1[C@H]1OC(c2ccc(OCCCO)cc2)=N[C@@]1(CCS(=O)(=O)c1ccccc1)C(=O)NC1CC1. The number of aliphatic hydroxyl groups excluding tert-OH is 1. The molecule has 1 aliphatic heterocycles. The van der Waals surface area contributed by atoms with Crippen molar-refractivity contribution in [3.8, 4) is 5.75 Å². The fourth-order valence-corrected chi connectivity index (χ4v) is 6.16. The van der Waals surface area contributed by atoms with E-state index < -0.39 is 27.4 Å². The van der Waals surface area contributed by atoms with E-state index in [0.29, 0.717) is 29.9 Å². The Morgan fingerprint density at radius 1 is 1.10 bits per heavy atom. The van der Waals surface area contributed by atoms with Crippen molar-refractivity contribution in [2.45, 2.75) is 48.3 Å². The molecule has 0 aromatic heterocycles. The second-order valence-corrected chi connectivity index (χ2v) is 12.3. The number of aliphatic imine (C=N–C) groups is 1. The van der Waals surface area contributed by atoms with Crippen LogP contribution in [0.2, 0.25) is 0 Å². The van der Waals surface area contributed by atoms with Crippen LogP contribution in [-0.2, 0) is 19.4 Å². The number of carbonyl (C=O) groups is 1. The molecular formula is C30H31N5O6S. The van der Waals surface area contributed by atoms with E-state index in [9.17, 15) is 18.7 Å². The van der Waals surface area contributed by atoms with Crippen molar-refractivity contribution in [3.63, 3.8) is 0 Å². The minimum Gasteiger partial charge on any atom is -0.494 e. The molecule has 3 aromatic rings. The zero-order valence-electron chi connectivity index (χ0n) is 22.8. The molecule has 1 saturated carbocycles. The summed E-state index contributed by atoms with van der Waals surface area (Å²) in [7, 11) is -3.78. The largest absolute Gasteiger partial charge is 0.494 e. The number of ether oxygens (including phenoxy) is 2. The van der Waals surface area contributed by atoms with E-state index in [2.05, 4.69) is 15.3 Å². The number of carbonyl (C=O) groups excluding carboxylic acids is 1. The Bertz CT molecular complexity index is 1600. The highest BCUT2D eigenvalue weighted by Gasteiger charge is 2.54. The Balaban J connectivity index is 1.57. The molecule has 1 fully saturated rings. The van der Waals surface area contributed by atoms with Crippen molar-refractivity contribution < 1.29 is 27.8 Å². The summed E-state index contributed by atoms with van der Waals surface area (Å²) in [5, 5.41) is 15.8. The van der Waals surface area contributed by atoms with Crippen LogP contribution < -0.4 is 10.1 Å². The van der Waals surface area contributed by atoms with Gasteiger partial charge in [-0.3, -0.25) is 4.79 Å². The molecule has 1 aliphatic carbocycles. The van der Waals surface area contributed by atoms with Crippen molar-refractivity contribution in [2.75, 3.05) is 19.0 Å². The fourth-order valence-electron chi connectivity index (χ4n) is 4.77. The van der Waals surface area contributed by atoms with Crippen molar-refractivity contribution in [2.24, 2.45) is 10.1 Å². The van der Waals surface area contributed by atoms with Gasteiger partial charge < -0.3 is 19.9 Å². The van der Waals surface area contributed by atoms with E-state index in [0.717, 1.165) is 12.8 Å². The van der Waals surface area contributed by atoms with E-state index >= 15 is 0 Å². The van der Waals surface area contributed by atoms with Crippen LogP contribution in [0.5, 0.6) is 5.75 Å². The lowest BCUT2D eigenvalue weighted by Gasteiger charge is -2.31. The first-order valence-electron chi connectivity index (χ1n) is 13.7. The predicted octanol–water partition coefficient (Wildman–Crippen LogP) is 4.79. The van der Waals surface area contributed by atoms with E-state index in [-0.39, 0.29) is 41.3 Å². The lowest BCUT2D eigenvalue weighted by atomic mass is 9.84. The molecule has 5 rings (SSSR count). The lowest BCUT2D eigenvalue weighted by Crippen LogP contribution is -2.50. The molecule has 3 aromatic carbocycles. The van der Waals surface area contributed by atoms with Gasteiger partial charge in [-0.15, -0.1) is 0 Å². The first-order valence-corrected chi connectivity index (χ1v) is 15.3. The van der Waals surface area contributed by atoms with Crippen LogP contribution in [0.1, 0.15) is 42.9 Å². The summed E-state index contributed by atoms with van der Waals surface area (Å²) in [6.07, 6.45) is 0.885. The van der Waals surface area contributed by atoms with Gasteiger partial charge in [0.15, 0.2) is 21.5 Å². The topological polar surface area (TPSA) is 163 Å². The molecule has 1 amide bonds. The van der Waals surface area contributed by atoms with Gasteiger partial charge in [0.25, 0.3) is 5.91 Å². The Kier molecular flexibility index (Phi) is 8.77. The molecule has 218 valence electrons. The quantitative estimate of drug-likeness (QED) is 0.126. The maximum Gasteiger partial charge on any atom is 0.252 e. The summed E-state index contributed by atoms with van der Waals surface area (Å²) in [6, 6.07) is 21.7. The summed E-state index contributed by atoms with van der Waals surface area (Å²) in [5.74, 6) is -0.0797. The van der Waals surface area contributed by atoms with Crippen LogP contribution >= 0.6 is 0 Å². The molecule has 0 bridgehead atoms. The molecule has 0 unspecified atom stereocenters. The predicted molar refractivity (Wildman–Crippen MR) is 156 cm³/mol. The Labute approximate surface area is 243 Å². The number of benzene rings is 3. The molecule has 0 spiro atoms. The number of nitrogens with zero attached hydrogens (tertiary/aromatic N) is 4. The van der Waals surface area contributed by atoms with E-state index in [4.69, 9.17) is 19.6 Å². The third kappa shape index (κ3) is 6.41. The standard InChI is InChI=1S/C30H31N5O6S/c31-35-34-26-10-5-4-9-25(26)27-30(29(37)32-22-13-14-22,17-20-42(38,39)24-7-2-1-3-8-24)33-28(41-27)21-11-15-23(16-12-21)40-19-6-18-36/h1-5,7-12,15-16,22,27,36H,6,13-14,17-20H2,(H,32,37)/t27-,30-/m1/s1. The Morgan fingerprint density at radius 3 is 2.50 bits per heavy atom. The van der Waals surface area contributed by atoms with Gasteiger partial charge in [-0.25, -0.2) is 13.4 Å². The first kappa shape index (κ1) is 29.1. The van der Waals surface area contributed by atoms with Crippen LogP contribution in [0, 0.1) is 0 Å². The van der Waals surface area contributed by atoms with Crippen LogP contribution in [0.25, 0.3) is 10.4 Å². The zero-order valence-corrected chi connectivity index (χ0v) is 23.6. The van der Waals surface area contributed by atoms with Gasteiger partial charge >= 0.3 is 0 Å². The highest BCUT2D eigenvalue weighted by Crippen LogP contribution is 2.46. The van der Waals surface area contributed by atoms with Crippen LogP contribution in [0.3, 0.4) is 0 Å².